The van der Waals surface area contributed by atoms with Crippen LogP contribution in [0.25, 0.3) is 0 Å². The molecule has 1 aliphatic rings. The number of hydrogen-bond donors (Lipinski definition) is 1. The lowest BCUT2D eigenvalue weighted by Gasteiger charge is -2.05. The number of carbonyl (C=O) groups excluding carboxylic acids is 1. The molecule has 0 unspecified atom stereocenters. The number of cyclic esters (lactones) is 1. The summed E-state index contributed by atoms with van der Waals surface area (Å²) in [6, 6.07) is 0. The molecule has 1 saturated heterocycles. The molecule has 0 bridgehead atoms. The summed E-state index contributed by atoms with van der Waals surface area (Å²) >= 11 is 0. The van der Waals surface area contributed by atoms with E-state index in [1.807, 2.05) is 0 Å². The first-order valence-corrected chi connectivity index (χ1v) is 7.58. The third kappa shape index (κ3) is 7.85. The molecule has 19 heavy (non-hydrogen) atoms. The van der Waals surface area contributed by atoms with E-state index in [4.69, 9.17) is 9.84 Å². The number of esters is 1. The van der Waals surface area contributed by atoms with Gasteiger partial charge in [0.15, 0.2) is 0 Å². The molecule has 1 fully saturated rings. The molecule has 1 aliphatic heterocycles. The van der Waals surface area contributed by atoms with Crippen molar-refractivity contribution in [2.75, 3.05) is 6.61 Å². The van der Waals surface area contributed by atoms with E-state index in [0.29, 0.717) is 13.0 Å². The largest absolute Gasteiger partial charge is 0.481 e. The summed E-state index contributed by atoms with van der Waals surface area (Å²) in [5.74, 6) is -0.528. The summed E-state index contributed by atoms with van der Waals surface area (Å²) in [6.45, 7) is 0.611. The van der Waals surface area contributed by atoms with Gasteiger partial charge in [0.05, 0.1) is 12.5 Å². The Hall–Kier alpha value is -1.06. The van der Waals surface area contributed by atoms with Crippen molar-refractivity contribution >= 4 is 11.9 Å². The fourth-order valence-electron chi connectivity index (χ4n) is 2.53. The molecular weight excluding hydrogens is 244 g/mol. The van der Waals surface area contributed by atoms with Crippen LogP contribution < -0.4 is 0 Å². The second kappa shape index (κ2) is 9.82. The molecule has 1 N–H and O–H groups in total. The molecule has 1 rings (SSSR count). The van der Waals surface area contributed by atoms with Crippen molar-refractivity contribution in [3.63, 3.8) is 0 Å². The van der Waals surface area contributed by atoms with E-state index in [9.17, 15) is 9.59 Å². The number of carboxylic acids is 1. The molecule has 0 radical (unpaired) electrons. The Labute approximate surface area is 115 Å². The zero-order chi connectivity index (χ0) is 13.9. The van der Waals surface area contributed by atoms with Crippen LogP contribution in [-0.2, 0) is 14.3 Å². The van der Waals surface area contributed by atoms with Gasteiger partial charge in [-0.05, 0) is 19.3 Å². The first-order valence-electron chi connectivity index (χ1n) is 7.58. The highest BCUT2D eigenvalue weighted by Gasteiger charge is 2.25. The van der Waals surface area contributed by atoms with Gasteiger partial charge >= 0.3 is 11.9 Å². The molecule has 110 valence electrons. The highest BCUT2D eigenvalue weighted by molar-refractivity contribution is 5.73. The predicted octanol–water partition coefficient (Wildman–Crippen LogP) is 3.54. The number of carboxylic acid groups (broad SMARTS) is 1. The highest BCUT2D eigenvalue weighted by atomic mass is 16.5. The number of ether oxygens (including phenoxy) is 1. The van der Waals surface area contributed by atoms with Gasteiger partial charge in [-0.3, -0.25) is 9.59 Å². The lowest BCUT2D eigenvalue weighted by atomic mass is 9.99. The van der Waals surface area contributed by atoms with Crippen LogP contribution in [0, 0.1) is 5.92 Å². The van der Waals surface area contributed by atoms with Gasteiger partial charge in [0.25, 0.3) is 0 Å². The van der Waals surface area contributed by atoms with E-state index in [0.717, 1.165) is 38.5 Å². The summed E-state index contributed by atoms with van der Waals surface area (Å²) in [7, 11) is 0. The van der Waals surface area contributed by atoms with E-state index in [-0.39, 0.29) is 11.9 Å². The average Bonchev–Trinajstić information content (AvgIpc) is 2.77. The van der Waals surface area contributed by atoms with Crippen LogP contribution in [0.5, 0.6) is 0 Å². The van der Waals surface area contributed by atoms with Gasteiger partial charge in [0, 0.05) is 6.42 Å². The molecule has 0 aromatic carbocycles. The second-order valence-corrected chi connectivity index (χ2v) is 5.41. The molecular formula is C15H26O4. The zero-order valence-electron chi connectivity index (χ0n) is 11.7. The number of aliphatic carboxylic acids is 1. The summed E-state index contributed by atoms with van der Waals surface area (Å²) < 4.78 is 4.93. The summed E-state index contributed by atoms with van der Waals surface area (Å²) in [6.07, 6.45) is 11.1. The quantitative estimate of drug-likeness (QED) is 0.461. The Morgan fingerprint density at radius 2 is 1.63 bits per heavy atom. The molecule has 4 heteroatoms. The van der Waals surface area contributed by atoms with Crippen molar-refractivity contribution in [2.24, 2.45) is 5.92 Å². The lowest BCUT2D eigenvalue weighted by molar-refractivity contribution is -0.141. The van der Waals surface area contributed by atoms with Crippen molar-refractivity contribution in [1.29, 1.82) is 0 Å². The molecule has 0 aliphatic carbocycles. The summed E-state index contributed by atoms with van der Waals surface area (Å²) in [5.41, 5.74) is 0. The van der Waals surface area contributed by atoms with Crippen LogP contribution in [0.1, 0.15) is 70.6 Å². The maximum absolute atomic E-state index is 11.2. The van der Waals surface area contributed by atoms with E-state index in [1.54, 1.807) is 0 Å². The van der Waals surface area contributed by atoms with E-state index < -0.39 is 5.97 Å². The summed E-state index contributed by atoms with van der Waals surface area (Å²) in [4.78, 5) is 21.5. The second-order valence-electron chi connectivity index (χ2n) is 5.41. The van der Waals surface area contributed by atoms with Crippen LogP contribution in [-0.4, -0.2) is 23.7 Å². The minimum Gasteiger partial charge on any atom is -0.481 e. The van der Waals surface area contributed by atoms with Crippen LogP contribution in [0.4, 0.5) is 0 Å². The molecule has 0 aromatic heterocycles. The first kappa shape index (κ1) is 16.0. The minimum absolute atomic E-state index is 0.00145. The standard InChI is InChI=1S/C15H26O4/c16-14(17)10-8-6-4-2-1-3-5-7-9-13-11-12-19-15(13)18/h13H,1-12H2,(H,16,17)/t13-/m1/s1. The Morgan fingerprint density at radius 3 is 2.16 bits per heavy atom. The smallest absolute Gasteiger partial charge is 0.309 e. The maximum atomic E-state index is 11.2. The van der Waals surface area contributed by atoms with Crippen molar-refractivity contribution in [3.05, 3.63) is 0 Å². The minimum atomic E-state index is -0.689. The van der Waals surface area contributed by atoms with E-state index in [1.165, 1.54) is 25.7 Å². The van der Waals surface area contributed by atoms with Gasteiger partial charge in [-0.15, -0.1) is 0 Å². The van der Waals surface area contributed by atoms with Crippen LogP contribution in [0.3, 0.4) is 0 Å². The third-order valence-corrected chi connectivity index (χ3v) is 3.74. The monoisotopic (exact) mass is 270 g/mol. The average molecular weight is 270 g/mol. The van der Waals surface area contributed by atoms with Crippen LogP contribution in [0.15, 0.2) is 0 Å². The van der Waals surface area contributed by atoms with Gasteiger partial charge in [0.1, 0.15) is 0 Å². The Bertz CT molecular complexity index is 275. The molecule has 0 amide bonds. The maximum Gasteiger partial charge on any atom is 0.309 e. The number of hydrogen-bond acceptors (Lipinski definition) is 3. The molecule has 1 heterocycles. The predicted molar refractivity (Wildman–Crippen MR) is 72.9 cm³/mol. The van der Waals surface area contributed by atoms with Gasteiger partial charge in [-0.1, -0.05) is 44.9 Å². The summed E-state index contributed by atoms with van der Waals surface area (Å²) in [5, 5.41) is 8.49. The van der Waals surface area contributed by atoms with E-state index in [2.05, 4.69) is 0 Å². The molecule has 0 saturated carbocycles. The topological polar surface area (TPSA) is 63.6 Å². The molecule has 4 nitrogen and oxygen atoms in total. The third-order valence-electron chi connectivity index (χ3n) is 3.74. The normalized spacial score (nSPS) is 18.5. The number of rotatable bonds is 11. The van der Waals surface area contributed by atoms with Gasteiger partial charge in [0.2, 0.25) is 0 Å². The van der Waals surface area contributed by atoms with Crippen LogP contribution >= 0.6 is 0 Å². The van der Waals surface area contributed by atoms with Gasteiger partial charge in [-0.2, -0.15) is 0 Å². The highest BCUT2D eigenvalue weighted by Crippen LogP contribution is 2.21. The zero-order valence-corrected chi connectivity index (χ0v) is 11.7. The lowest BCUT2D eigenvalue weighted by Crippen LogP contribution is -2.06. The van der Waals surface area contributed by atoms with Crippen molar-refractivity contribution in [2.45, 2.75) is 70.6 Å². The van der Waals surface area contributed by atoms with Crippen molar-refractivity contribution in [3.8, 4) is 0 Å². The SMILES string of the molecule is O=C(O)CCCCCCCCCC[C@@H]1CCOC1=O. The fourth-order valence-corrected chi connectivity index (χ4v) is 2.53. The van der Waals surface area contributed by atoms with Crippen molar-refractivity contribution < 1.29 is 19.4 Å². The number of carbonyl (C=O) groups is 2. The molecule has 0 aromatic rings. The van der Waals surface area contributed by atoms with Crippen molar-refractivity contribution in [1.82, 2.24) is 0 Å². The van der Waals surface area contributed by atoms with Gasteiger partial charge < -0.3 is 9.84 Å². The first-order chi connectivity index (χ1) is 9.20. The fraction of sp³-hybridized carbons (Fsp3) is 0.867. The number of unbranched alkanes of at least 4 members (excludes halogenated alkanes) is 7. The molecule has 1 atom stereocenters. The van der Waals surface area contributed by atoms with Crippen LogP contribution in [0.2, 0.25) is 0 Å². The van der Waals surface area contributed by atoms with Gasteiger partial charge in [-0.25, -0.2) is 0 Å². The Morgan fingerprint density at radius 1 is 1.05 bits per heavy atom. The molecule has 0 spiro atoms. The van der Waals surface area contributed by atoms with E-state index >= 15 is 0 Å². The Kier molecular flexibility index (Phi) is 8.26. The Balaban J connectivity index is 1.78.